The van der Waals surface area contributed by atoms with E-state index < -0.39 is 6.04 Å². The number of nitrogens with one attached hydrogen (secondary N) is 2. The molecule has 0 aliphatic rings. The zero-order valence-corrected chi connectivity index (χ0v) is 15.7. The Bertz CT molecular complexity index is 800. The van der Waals surface area contributed by atoms with Crippen molar-refractivity contribution in [3.05, 3.63) is 47.5 Å². The number of amides is 1. The average Bonchev–Trinajstić information content (AvgIpc) is 2.62. The summed E-state index contributed by atoms with van der Waals surface area (Å²) in [6.07, 6.45) is 0. The fourth-order valence-corrected chi connectivity index (χ4v) is 2.61. The molecule has 0 spiro atoms. The highest BCUT2D eigenvalue weighted by Gasteiger charge is 2.17. The Morgan fingerprint density at radius 1 is 1.00 bits per heavy atom. The molecule has 2 rings (SSSR count). The number of rotatable bonds is 7. The minimum atomic E-state index is -0.432. The summed E-state index contributed by atoms with van der Waals surface area (Å²) < 4.78 is 10.6. The monoisotopic (exact) mass is 356 g/mol. The van der Waals surface area contributed by atoms with Crippen molar-refractivity contribution in [2.24, 2.45) is 0 Å². The first-order valence-electron chi connectivity index (χ1n) is 8.26. The van der Waals surface area contributed by atoms with Gasteiger partial charge in [0.25, 0.3) is 0 Å². The van der Waals surface area contributed by atoms with Gasteiger partial charge in [0.15, 0.2) is 17.3 Å². The van der Waals surface area contributed by atoms with E-state index in [1.54, 1.807) is 45.4 Å². The summed E-state index contributed by atoms with van der Waals surface area (Å²) in [5, 5.41) is 5.91. The summed E-state index contributed by atoms with van der Waals surface area (Å²) in [4.78, 5) is 23.7. The number of benzene rings is 2. The highest BCUT2D eigenvalue weighted by molar-refractivity contribution is 6.02. The van der Waals surface area contributed by atoms with Crippen molar-refractivity contribution < 1.29 is 19.1 Å². The Balaban J connectivity index is 2.15. The van der Waals surface area contributed by atoms with Crippen LogP contribution in [0.5, 0.6) is 11.5 Å². The minimum absolute atomic E-state index is 0.0476. The molecule has 2 N–H and O–H groups in total. The molecule has 0 radical (unpaired) electrons. The quantitative estimate of drug-likeness (QED) is 0.741. The van der Waals surface area contributed by atoms with Crippen molar-refractivity contribution in [3.8, 4) is 11.5 Å². The molecule has 0 fully saturated rings. The van der Waals surface area contributed by atoms with E-state index in [1.807, 2.05) is 19.1 Å². The molecule has 26 heavy (non-hydrogen) atoms. The van der Waals surface area contributed by atoms with Gasteiger partial charge in [-0.2, -0.15) is 0 Å². The summed E-state index contributed by atoms with van der Waals surface area (Å²) >= 11 is 0. The Hall–Kier alpha value is -3.02. The van der Waals surface area contributed by atoms with Crippen molar-refractivity contribution in [2.45, 2.75) is 26.8 Å². The maximum Gasteiger partial charge on any atom is 0.221 e. The topological polar surface area (TPSA) is 76.7 Å². The Morgan fingerprint density at radius 3 is 2.12 bits per heavy atom. The van der Waals surface area contributed by atoms with E-state index in [-0.39, 0.29) is 11.7 Å². The van der Waals surface area contributed by atoms with E-state index in [0.29, 0.717) is 22.7 Å². The van der Waals surface area contributed by atoms with Crippen molar-refractivity contribution in [3.63, 3.8) is 0 Å². The van der Waals surface area contributed by atoms with Crippen molar-refractivity contribution in [1.82, 2.24) is 0 Å². The number of ether oxygens (including phenoxy) is 2. The maximum absolute atomic E-state index is 12.7. The number of carbonyl (C=O) groups is 2. The Kier molecular flexibility index (Phi) is 6.22. The second-order valence-electron chi connectivity index (χ2n) is 6.01. The molecule has 0 bridgehead atoms. The zero-order chi connectivity index (χ0) is 19.3. The smallest absolute Gasteiger partial charge is 0.221 e. The summed E-state index contributed by atoms with van der Waals surface area (Å²) in [7, 11) is 3.16. The summed E-state index contributed by atoms with van der Waals surface area (Å²) in [6, 6.07) is 10.1. The predicted molar refractivity (Wildman–Crippen MR) is 102 cm³/mol. The van der Waals surface area contributed by atoms with Gasteiger partial charge in [-0.05, 0) is 49.7 Å². The molecule has 0 saturated heterocycles. The van der Waals surface area contributed by atoms with E-state index >= 15 is 0 Å². The molecule has 1 unspecified atom stereocenters. The third-order valence-corrected chi connectivity index (χ3v) is 3.99. The molecule has 2 aromatic carbocycles. The molecule has 0 saturated carbocycles. The summed E-state index contributed by atoms with van der Waals surface area (Å²) in [5.74, 6) is 1.04. The Morgan fingerprint density at radius 2 is 1.58 bits per heavy atom. The van der Waals surface area contributed by atoms with Gasteiger partial charge in [-0.15, -0.1) is 0 Å². The van der Waals surface area contributed by atoms with Crippen molar-refractivity contribution in [1.29, 1.82) is 0 Å². The second kappa shape index (κ2) is 8.38. The van der Waals surface area contributed by atoms with Gasteiger partial charge in [0.2, 0.25) is 5.91 Å². The van der Waals surface area contributed by atoms with E-state index in [2.05, 4.69) is 10.6 Å². The third-order valence-electron chi connectivity index (χ3n) is 3.99. The zero-order valence-electron chi connectivity index (χ0n) is 15.7. The van der Waals surface area contributed by atoms with Crippen LogP contribution in [0.3, 0.4) is 0 Å². The SMILES string of the molecule is COc1cc(C)c(NC(C)C(=O)c2ccc(NC(C)=O)cc2)cc1OC. The molecule has 0 aliphatic heterocycles. The highest BCUT2D eigenvalue weighted by Crippen LogP contribution is 2.33. The van der Waals surface area contributed by atoms with Crippen LogP contribution in [0.1, 0.15) is 29.8 Å². The third kappa shape index (κ3) is 4.53. The number of anilines is 2. The van der Waals surface area contributed by atoms with Gasteiger partial charge in [0, 0.05) is 29.9 Å². The molecule has 2 aromatic rings. The van der Waals surface area contributed by atoms with Crippen LogP contribution in [-0.2, 0) is 4.79 Å². The lowest BCUT2D eigenvalue weighted by molar-refractivity contribution is -0.114. The number of carbonyl (C=O) groups excluding carboxylic acids is 2. The van der Waals surface area contributed by atoms with Crippen LogP contribution in [0, 0.1) is 6.92 Å². The van der Waals surface area contributed by atoms with Gasteiger partial charge in [0.1, 0.15) is 0 Å². The lowest BCUT2D eigenvalue weighted by atomic mass is 10.0. The number of Topliss-reactive ketones (excluding diaryl/α,β-unsaturated/α-hetero) is 1. The van der Waals surface area contributed by atoms with E-state index in [4.69, 9.17) is 9.47 Å². The first kappa shape index (κ1) is 19.3. The molecule has 0 heterocycles. The van der Waals surface area contributed by atoms with Crippen molar-refractivity contribution in [2.75, 3.05) is 24.9 Å². The molecule has 138 valence electrons. The minimum Gasteiger partial charge on any atom is -0.493 e. The van der Waals surface area contributed by atoms with Gasteiger partial charge >= 0.3 is 0 Å². The number of hydrogen-bond donors (Lipinski definition) is 2. The van der Waals surface area contributed by atoms with Crippen LogP contribution in [-0.4, -0.2) is 32.0 Å². The number of aryl methyl sites for hydroxylation is 1. The van der Waals surface area contributed by atoms with Crippen LogP contribution < -0.4 is 20.1 Å². The van der Waals surface area contributed by atoms with Crippen LogP contribution >= 0.6 is 0 Å². The van der Waals surface area contributed by atoms with Crippen LogP contribution in [0.2, 0.25) is 0 Å². The van der Waals surface area contributed by atoms with Crippen LogP contribution in [0.15, 0.2) is 36.4 Å². The number of ketones is 1. The average molecular weight is 356 g/mol. The van der Waals surface area contributed by atoms with Gasteiger partial charge in [-0.25, -0.2) is 0 Å². The normalized spacial score (nSPS) is 11.4. The van der Waals surface area contributed by atoms with Gasteiger partial charge in [-0.1, -0.05) is 0 Å². The van der Waals surface area contributed by atoms with Crippen LogP contribution in [0.25, 0.3) is 0 Å². The van der Waals surface area contributed by atoms with Crippen molar-refractivity contribution >= 4 is 23.1 Å². The number of hydrogen-bond acceptors (Lipinski definition) is 5. The first-order valence-corrected chi connectivity index (χ1v) is 8.26. The maximum atomic E-state index is 12.7. The largest absolute Gasteiger partial charge is 0.493 e. The molecule has 0 aromatic heterocycles. The van der Waals surface area contributed by atoms with Gasteiger partial charge in [0.05, 0.1) is 20.3 Å². The number of methoxy groups -OCH3 is 2. The highest BCUT2D eigenvalue weighted by atomic mass is 16.5. The molecule has 1 amide bonds. The fraction of sp³-hybridized carbons (Fsp3) is 0.300. The van der Waals surface area contributed by atoms with Gasteiger partial charge < -0.3 is 20.1 Å². The second-order valence-corrected chi connectivity index (χ2v) is 6.01. The molecule has 6 heteroatoms. The van der Waals surface area contributed by atoms with E-state index in [0.717, 1.165) is 11.3 Å². The van der Waals surface area contributed by atoms with Gasteiger partial charge in [-0.3, -0.25) is 9.59 Å². The lowest BCUT2D eigenvalue weighted by Crippen LogP contribution is -2.26. The van der Waals surface area contributed by atoms with E-state index in [9.17, 15) is 9.59 Å². The fourth-order valence-electron chi connectivity index (χ4n) is 2.61. The lowest BCUT2D eigenvalue weighted by Gasteiger charge is -2.18. The van der Waals surface area contributed by atoms with E-state index in [1.165, 1.54) is 6.92 Å². The first-order chi connectivity index (χ1) is 12.3. The molecule has 0 aliphatic carbocycles. The molecule has 6 nitrogen and oxygen atoms in total. The predicted octanol–water partition coefficient (Wildman–Crippen LogP) is 3.65. The van der Waals surface area contributed by atoms with Crippen LogP contribution in [0.4, 0.5) is 11.4 Å². The molecule has 1 atom stereocenters. The standard InChI is InChI=1S/C20H24N2O4/c1-12-10-18(25-4)19(26-5)11-17(12)21-13(2)20(24)15-6-8-16(9-7-15)22-14(3)23/h6-11,13,21H,1-5H3,(H,22,23). The molecular weight excluding hydrogens is 332 g/mol. The summed E-state index contributed by atoms with van der Waals surface area (Å²) in [6.45, 7) is 5.18. The summed E-state index contributed by atoms with van der Waals surface area (Å²) in [5.41, 5.74) is 2.98. The molecular formula is C20H24N2O4. The Labute approximate surface area is 153 Å².